The zero-order valence-electron chi connectivity index (χ0n) is 10.5. The standard InChI is InChI=1S/C15H12F3NO/c16-11-3-1-2-10(8-11)6-7-19-15(20)13-5-4-12(17)9-14(13)18/h1-5,8-9H,6-7H2,(H,19,20). The molecule has 104 valence electrons. The molecule has 0 saturated carbocycles. The lowest BCUT2D eigenvalue weighted by atomic mass is 10.1. The highest BCUT2D eigenvalue weighted by molar-refractivity contribution is 5.94. The summed E-state index contributed by atoms with van der Waals surface area (Å²) in [5.74, 6) is -2.62. The Bertz CT molecular complexity index is 628. The van der Waals surface area contributed by atoms with Crippen LogP contribution in [0.2, 0.25) is 0 Å². The highest BCUT2D eigenvalue weighted by Crippen LogP contribution is 2.09. The monoisotopic (exact) mass is 279 g/mol. The van der Waals surface area contributed by atoms with Gasteiger partial charge in [0.1, 0.15) is 17.5 Å². The fourth-order valence-corrected chi connectivity index (χ4v) is 1.78. The molecule has 0 spiro atoms. The Hall–Kier alpha value is -2.30. The highest BCUT2D eigenvalue weighted by Gasteiger charge is 2.11. The van der Waals surface area contributed by atoms with E-state index in [2.05, 4.69) is 5.32 Å². The Labute approximate surface area is 114 Å². The van der Waals surface area contributed by atoms with Crippen LogP contribution in [0, 0.1) is 17.5 Å². The van der Waals surface area contributed by atoms with E-state index in [1.54, 1.807) is 12.1 Å². The van der Waals surface area contributed by atoms with Gasteiger partial charge in [-0.3, -0.25) is 4.79 Å². The molecule has 0 bridgehead atoms. The average molecular weight is 279 g/mol. The quantitative estimate of drug-likeness (QED) is 0.915. The molecule has 5 heteroatoms. The third-order valence-corrected chi connectivity index (χ3v) is 2.76. The maximum absolute atomic E-state index is 13.4. The van der Waals surface area contributed by atoms with Crippen LogP contribution in [0.3, 0.4) is 0 Å². The van der Waals surface area contributed by atoms with Crippen LogP contribution in [-0.2, 0) is 6.42 Å². The van der Waals surface area contributed by atoms with Gasteiger partial charge in [0.15, 0.2) is 0 Å². The largest absolute Gasteiger partial charge is 0.352 e. The molecular formula is C15H12F3NO. The summed E-state index contributed by atoms with van der Waals surface area (Å²) in [6.07, 6.45) is 0.423. The number of hydrogen-bond donors (Lipinski definition) is 1. The molecule has 2 rings (SSSR count). The van der Waals surface area contributed by atoms with Crippen LogP contribution >= 0.6 is 0 Å². The van der Waals surface area contributed by atoms with E-state index in [0.717, 1.165) is 17.7 Å². The average Bonchev–Trinajstić information content (AvgIpc) is 2.38. The van der Waals surface area contributed by atoms with E-state index >= 15 is 0 Å². The molecule has 0 unspecified atom stereocenters. The number of carbonyl (C=O) groups is 1. The maximum Gasteiger partial charge on any atom is 0.254 e. The molecule has 0 atom stereocenters. The second-order valence-corrected chi connectivity index (χ2v) is 4.26. The van der Waals surface area contributed by atoms with Gasteiger partial charge in [0.25, 0.3) is 5.91 Å². The van der Waals surface area contributed by atoms with Gasteiger partial charge in [-0.05, 0) is 36.2 Å². The van der Waals surface area contributed by atoms with E-state index in [-0.39, 0.29) is 17.9 Å². The minimum atomic E-state index is -0.909. The number of amides is 1. The SMILES string of the molecule is O=C(NCCc1cccc(F)c1)c1ccc(F)cc1F. The van der Waals surface area contributed by atoms with Crippen molar-refractivity contribution in [2.75, 3.05) is 6.54 Å². The van der Waals surface area contributed by atoms with Crippen molar-refractivity contribution in [2.24, 2.45) is 0 Å². The molecule has 0 saturated heterocycles. The first-order valence-electron chi connectivity index (χ1n) is 6.04. The van der Waals surface area contributed by atoms with Gasteiger partial charge in [0.05, 0.1) is 5.56 Å². The minimum Gasteiger partial charge on any atom is -0.352 e. The zero-order valence-corrected chi connectivity index (χ0v) is 10.5. The summed E-state index contributed by atoms with van der Waals surface area (Å²) >= 11 is 0. The Kier molecular flexibility index (Phi) is 4.40. The predicted molar refractivity (Wildman–Crippen MR) is 68.8 cm³/mol. The first-order valence-corrected chi connectivity index (χ1v) is 6.04. The molecule has 20 heavy (non-hydrogen) atoms. The third-order valence-electron chi connectivity index (χ3n) is 2.76. The maximum atomic E-state index is 13.4. The van der Waals surface area contributed by atoms with Gasteiger partial charge in [-0.25, -0.2) is 13.2 Å². The van der Waals surface area contributed by atoms with E-state index in [4.69, 9.17) is 0 Å². The molecule has 0 aliphatic rings. The van der Waals surface area contributed by atoms with Crippen molar-refractivity contribution in [1.29, 1.82) is 0 Å². The van der Waals surface area contributed by atoms with Crippen LogP contribution in [0.15, 0.2) is 42.5 Å². The highest BCUT2D eigenvalue weighted by atomic mass is 19.1. The van der Waals surface area contributed by atoms with Crippen LogP contribution in [0.25, 0.3) is 0 Å². The molecule has 0 heterocycles. The Morgan fingerprint density at radius 1 is 1.00 bits per heavy atom. The van der Waals surface area contributed by atoms with Gasteiger partial charge in [-0.15, -0.1) is 0 Å². The molecule has 0 aromatic heterocycles. The molecule has 0 aliphatic heterocycles. The van der Waals surface area contributed by atoms with Gasteiger partial charge in [0, 0.05) is 12.6 Å². The second-order valence-electron chi connectivity index (χ2n) is 4.26. The van der Waals surface area contributed by atoms with Gasteiger partial charge in [-0.2, -0.15) is 0 Å². The van der Waals surface area contributed by atoms with E-state index in [0.29, 0.717) is 12.5 Å². The number of nitrogens with one attached hydrogen (secondary N) is 1. The van der Waals surface area contributed by atoms with E-state index in [9.17, 15) is 18.0 Å². The minimum absolute atomic E-state index is 0.217. The zero-order chi connectivity index (χ0) is 14.5. The Morgan fingerprint density at radius 2 is 1.75 bits per heavy atom. The first kappa shape index (κ1) is 14.1. The van der Waals surface area contributed by atoms with Crippen molar-refractivity contribution >= 4 is 5.91 Å². The second kappa shape index (κ2) is 6.23. The first-order chi connectivity index (χ1) is 9.56. The lowest BCUT2D eigenvalue weighted by molar-refractivity contribution is 0.0950. The number of rotatable bonds is 4. The summed E-state index contributed by atoms with van der Waals surface area (Å²) in [7, 11) is 0. The summed E-state index contributed by atoms with van der Waals surface area (Å²) in [5.41, 5.74) is 0.510. The number of carbonyl (C=O) groups excluding carboxylic acids is 1. The van der Waals surface area contributed by atoms with E-state index < -0.39 is 17.5 Å². The van der Waals surface area contributed by atoms with Crippen molar-refractivity contribution < 1.29 is 18.0 Å². The van der Waals surface area contributed by atoms with Crippen molar-refractivity contribution in [3.8, 4) is 0 Å². The van der Waals surface area contributed by atoms with Crippen LogP contribution < -0.4 is 5.32 Å². The summed E-state index contributed by atoms with van der Waals surface area (Å²) < 4.78 is 39.0. The lowest BCUT2D eigenvalue weighted by Crippen LogP contribution is -2.26. The molecule has 2 aromatic carbocycles. The van der Waals surface area contributed by atoms with Crippen molar-refractivity contribution in [3.05, 3.63) is 71.0 Å². The number of hydrogen-bond acceptors (Lipinski definition) is 1. The van der Waals surface area contributed by atoms with Crippen LogP contribution in [0.1, 0.15) is 15.9 Å². The van der Waals surface area contributed by atoms with Crippen LogP contribution in [-0.4, -0.2) is 12.5 Å². The number of halogens is 3. The summed E-state index contributed by atoms with van der Waals surface area (Å²) in [6, 6.07) is 8.76. The predicted octanol–water partition coefficient (Wildman–Crippen LogP) is 3.08. The molecule has 0 aliphatic carbocycles. The fraction of sp³-hybridized carbons (Fsp3) is 0.133. The van der Waals surface area contributed by atoms with Gasteiger partial charge in [-0.1, -0.05) is 12.1 Å². The van der Waals surface area contributed by atoms with Crippen LogP contribution in [0.5, 0.6) is 0 Å². The number of benzene rings is 2. The third kappa shape index (κ3) is 3.60. The Balaban J connectivity index is 1.92. The lowest BCUT2D eigenvalue weighted by Gasteiger charge is -2.06. The smallest absolute Gasteiger partial charge is 0.254 e. The molecular weight excluding hydrogens is 267 g/mol. The fourth-order valence-electron chi connectivity index (χ4n) is 1.78. The summed E-state index contributed by atoms with van der Waals surface area (Å²) in [4.78, 5) is 11.7. The van der Waals surface area contributed by atoms with Gasteiger partial charge in [0.2, 0.25) is 0 Å². The van der Waals surface area contributed by atoms with Gasteiger partial charge < -0.3 is 5.32 Å². The van der Waals surface area contributed by atoms with Crippen molar-refractivity contribution in [2.45, 2.75) is 6.42 Å². The van der Waals surface area contributed by atoms with Crippen molar-refractivity contribution in [1.82, 2.24) is 5.32 Å². The van der Waals surface area contributed by atoms with Gasteiger partial charge >= 0.3 is 0 Å². The summed E-state index contributed by atoms with van der Waals surface area (Å²) in [6.45, 7) is 0.235. The molecule has 0 fully saturated rings. The molecule has 2 aromatic rings. The summed E-state index contributed by atoms with van der Waals surface area (Å²) in [5, 5.41) is 2.50. The normalized spacial score (nSPS) is 10.3. The molecule has 1 N–H and O–H groups in total. The van der Waals surface area contributed by atoms with E-state index in [1.807, 2.05) is 0 Å². The molecule has 2 nitrogen and oxygen atoms in total. The molecule has 0 radical (unpaired) electrons. The topological polar surface area (TPSA) is 29.1 Å². The Morgan fingerprint density at radius 3 is 2.45 bits per heavy atom. The van der Waals surface area contributed by atoms with E-state index in [1.165, 1.54) is 12.1 Å². The van der Waals surface area contributed by atoms with Crippen molar-refractivity contribution in [3.63, 3.8) is 0 Å². The van der Waals surface area contributed by atoms with Crippen LogP contribution in [0.4, 0.5) is 13.2 Å². The molecule has 1 amide bonds.